The molecule has 1 unspecified atom stereocenters. The first kappa shape index (κ1) is 21.8. The van der Waals surface area contributed by atoms with Crippen LogP contribution < -0.4 is 20.7 Å². The van der Waals surface area contributed by atoms with Crippen molar-refractivity contribution >= 4 is 51.7 Å². The normalized spacial score (nSPS) is 20.5. The maximum Gasteiger partial charge on any atom is 0.276 e. The van der Waals surface area contributed by atoms with Crippen molar-refractivity contribution in [2.45, 2.75) is 18.0 Å². The zero-order valence-corrected chi connectivity index (χ0v) is 18.4. The van der Waals surface area contributed by atoms with Gasteiger partial charge in [0.15, 0.2) is 29.8 Å². The molecule has 2 aromatic heterocycles. The molecule has 1 fully saturated rings. The Balaban J connectivity index is 1.53. The van der Waals surface area contributed by atoms with E-state index in [1.54, 1.807) is 17.8 Å². The van der Waals surface area contributed by atoms with Crippen LogP contribution in [0, 0.1) is 0 Å². The number of amides is 2. The highest BCUT2D eigenvalue weighted by Crippen LogP contribution is 2.40. The fourth-order valence-electron chi connectivity index (χ4n) is 3.46. The number of thiazole rings is 1. The van der Waals surface area contributed by atoms with E-state index in [1.165, 1.54) is 23.8 Å². The molecule has 166 valence electrons. The van der Waals surface area contributed by atoms with Crippen molar-refractivity contribution in [3.8, 4) is 0 Å². The molecule has 2 atom stereocenters. The fraction of sp³-hybridized carbons (Fsp3) is 0.263. The molecule has 0 spiro atoms. The van der Waals surface area contributed by atoms with Gasteiger partial charge in [0.1, 0.15) is 24.2 Å². The summed E-state index contributed by atoms with van der Waals surface area (Å²) in [6.07, 6.45) is 3.61. The number of thioether (sulfide) groups is 1. The van der Waals surface area contributed by atoms with Gasteiger partial charge < -0.3 is 25.8 Å². The van der Waals surface area contributed by atoms with Crippen LogP contribution in [0.15, 0.2) is 52.4 Å². The molecule has 32 heavy (non-hydrogen) atoms. The maximum absolute atomic E-state index is 12.8. The number of anilines is 1. The molecule has 4 heterocycles. The highest BCUT2D eigenvalue weighted by Gasteiger charge is 2.53. The number of carbonyl (C=O) groups is 3. The molecule has 13 heteroatoms. The smallest absolute Gasteiger partial charge is 0.276 e. The van der Waals surface area contributed by atoms with Gasteiger partial charge in [0.05, 0.1) is 11.7 Å². The minimum atomic E-state index is -1.43. The molecule has 0 aromatic carbocycles. The van der Waals surface area contributed by atoms with E-state index < -0.39 is 29.2 Å². The number of rotatable bonds is 7. The van der Waals surface area contributed by atoms with Crippen LogP contribution >= 0.6 is 23.1 Å². The molecule has 0 radical (unpaired) electrons. The summed E-state index contributed by atoms with van der Waals surface area (Å²) >= 11 is 2.49. The van der Waals surface area contributed by atoms with Gasteiger partial charge in [0.2, 0.25) is 0 Å². The molecule has 2 amide bonds. The highest BCUT2D eigenvalue weighted by atomic mass is 32.2. The summed E-state index contributed by atoms with van der Waals surface area (Å²) in [5.74, 6) is -2.28. The number of carbonyl (C=O) groups excluding carboxylic acids is 3. The Labute approximate surface area is 190 Å². The van der Waals surface area contributed by atoms with Crippen LogP contribution in [0.5, 0.6) is 0 Å². The van der Waals surface area contributed by atoms with Crippen molar-refractivity contribution in [3.05, 3.63) is 52.9 Å². The number of hydrogen-bond acceptors (Lipinski definition) is 10. The zero-order chi connectivity index (χ0) is 22.8. The molecule has 1 saturated heterocycles. The first-order valence-electron chi connectivity index (χ1n) is 9.36. The second-order valence-corrected chi connectivity index (χ2v) is 8.84. The minimum Gasteiger partial charge on any atom is -0.543 e. The Bertz CT molecular complexity index is 1130. The van der Waals surface area contributed by atoms with Crippen LogP contribution in [0.1, 0.15) is 5.69 Å². The van der Waals surface area contributed by atoms with Crippen molar-refractivity contribution in [3.63, 3.8) is 0 Å². The fourth-order valence-corrected chi connectivity index (χ4v) is 5.34. The Hall–Kier alpha value is -3.45. The van der Waals surface area contributed by atoms with Crippen molar-refractivity contribution in [2.24, 2.45) is 5.16 Å². The van der Waals surface area contributed by atoms with Gasteiger partial charge in [-0.25, -0.2) is 9.55 Å². The molecule has 2 aromatic rings. The molecule has 11 nitrogen and oxygen atoms in total. The topological polar surface area (TPSA) is 154 Å². The number of pyridine rings is 1. The molecule has 0 saturated carbocycles. The van der Waals surface area contributed by atoms with E-state index in [1.807, 2.05) is 22.8 Å². The lowest BCUT2D eigenvalue weighted by atomic mass is 10.0. The molecule has 0 aliphatic carbocycles. The zero-order valence-electron chi connectivity index (χ0n) is 16.8. The third kappa shape index (κ3) is 4.03. The number of hydrogen-bond donors (Lipinski definition) is 2. The van der Waals surface area contributed by atoms with Crippen LogP contribution in [0.2, 0.25) is 0 Å². The minimum absolute atomic E-state index is 0.135. The predicted molar refractivity (Wildman–Crippen MR) is 114 cm³/mol. The summed E-state index contributed by atoms with van der Waals surface area (Å²) in [7, 11) is 1.28. The number of oxime groups is 1. The Morgan fingerprint density at radius 2 is 2.16 bits per heavy atom. The number of nitrogens with two attached hydrogens (primary N) is 1. The second kappa shape index (κ2) is 8.96. The first-order chi connectivity index (χ1) is 15.4. The average Bonchev–Trinajstić information content (AvgIpc) is 3.21. The van der Waals surface area contributed by atoms with E-state index in [-0.39, 0.29) is 22.2 Å². The van der Waals surface area contributed by atoms with Gasteiger partial charge in [0.25, 0.3) is 11.8 Å². The van der Waals surface area contributed by atoms with Crippen LogP contribution in [0.3, 0.4) is 0 Å². The monoisotopic (exact) mass is 474 g/mol. The molecular weight excluding hydrogens is 456 g/mol. The van der Waals surface area contributed by atoms with Crippen LogP contribution in [0.25, 0.3) is 0 Å². The third-order valence-corrected chi connectivity index (χ3v) is 6.85. The van der Waals surface area contributed by atoms with Crippen molar-refractivity contribution in [1.82, 2.24) is 15.2 Å². The number of carboxylic acid groups (broad SMARTS) is 1. The predicted octanol–water partition coefficient (Wildman–Crippen LogP) is -1.53. The third-order valence-electron chi connectivity index (χ3n) is 4.84. The summed E-state index contributed by atoms with van der Waals surface area (Å²) in [4.78, 5) is 47.4. The summed E-state index contributed by atoms with van der Waals surface area (Å²) in [6, 6.07) is 4.58. The van der Waals surface area contributed by atoms with Crippen LogP contribution in [-0.4, -0.2) is 57.7 Å². The van der Waals surface area contributed by atoms with E-state index in [0.29, 0.717) is 17.9 Å². The number of aliphatic carboxylic acids is 1. The average molecular weight is 475 g/mol. The second-order valence-electron chi connectivity index (χ2n) is 6.84. The Kier molecular flexibility index (Phi) is 6.10. The highest BCUT2D eigenvalue weighted by molar-refractivity contribution is 8.00. The van der Waals surface area contributed by atoms with E-state index in [0.717, 1.165) is 11.3 Å². The number of β-lactam (4-membered cyclic amide) rings is 1. The SMILES string of the molecule is CON=C(C(=O)NC1C(=O)N2C(C(=O)[O-])=C(C[n+]3ccccc3)CS[C@H]12)c1csc(N)n1. The van der Waals surface area contributed by atoms with Gasteiger partial charge in [-0.15, -0.1) is 23.1 Å². The largest absolute Gasteiger partial charge is 0.543 e. The molecule has 4 rings (SSSR count). The van der Waals surface area contributed by atoms with Gasteiger partial charge in [-0.1, -0.05) is 11.2 Å². The summed E-state index contributed by atoms with van der Waals surface area (Å²) in [5.41, 5.74) is 6.10. The molecule has 3 N–H and O–H groups in total. The van der Waals surface area contributed by atoms with E-state index >= 15 is 0 Å². The molecule has 2 aliphatic rings. The Morgan fingerprint density at radius 1 is 1.41 bits per heavy atom. The van der Waals surface area contributed by atoms with Crippen molar-refractivity contribution in [1.29, 1.82) is 0 Å². The van der Waals surface area contributed by atoms with Gasteiger partial charge in [-0.3, -0.25) is 14.5 Å². The van der Waals surface area contributed by atoms with Crippen molar-refractivity contribution < 1.29 is 28.9 Å². The van der Waals surface area contributed by atoms with Crippen LogP contribution in [0.4, 0.5) is 5.13 Å². The van der Waals surface area contributed by atoms with Gasteiger partial charge in [-0.2, -0.15) is 0 Å². The number of nitrogens with zero attached hydrogens (tertiary/aromatic N) is 4. The van der Waals surface area contributed by atoms with E-state index in [9.17, 15) is 19.5 Å². The number of nitrogens with one attached hydrogen (secondary N) is 1. The molecule has 2 aliphatic heterocycles. The standard InChI is InChI=1S/C19H18N6O5S2/c1-30-23-12(11-9-32-19(20)21-11)15(26)22-13-16(27)25-14(18(28)29)10(8-31-17(13)25)7-24-5-3-2-4-6-24/h2-6,9,13,17H,7-8H2,1H3,(H3-,20,21,22,26,28,29)/t13?,17-/m1/s1. The summed E-state index contributed by atoms with van der Waals surface area (Å²) < 4.78 is 1.82. The number of nitrogen functional groups attached to an aromatic ring is 1. The summed E-state index contributed by atoms with van der Waals surface area (Å²) in [5, 5.41) is 19.4. The lowest BCUT2D eigenvalue weighted by Gasteiger charge is -2.50. The number of carboxylic acids is 1. The maximum atomic E-state index is 12.8. The van der Waals surface area contributed by atoms with Gasteiger partial charge in [0, 0.05) is 28.8 Å². The summed E-state index contributed by atoms with van der Waals surface area (Å²) in [6.45, 7) is 0.306. The van der Waals surface area contributed by atoms with Gasteiger partial charge in [-0.05, 0) is 0 Å². The van der Waals surface area contributed by atoms with E-state index in [2.05, 4.69) is 15.5 Å². The molecular formula is C19H18N6O5S2. The quantitative estimate of drug-likeness (QED) is 0.212. The first-order valence-corrected chi connectivity index (χ1v) is 11.3. The Morgan fingerprint density at radius 3 is 2.78 bits per heavy atom. The molecule has 0 bridgehead atoms. The van der Waals surface area contributed by atoms with Crippen LogP contribution in [-0.2, 0) is 25.8 Å². The number of fused-ring (bicyclic) bond motifs is 1. The van der Waals surface area contributed by atoms with Crippen molar-refractivity contribution in [2.75, 3.05) is 18.6 Å². The van der Waals surface area contributed by atoms with E-state index in [4.69, 9.17) is 10.6 Å². The lowest BCUT2D eigenvalue weighted by Crippen LogP contribution is -2.71. The van der Waals surface area contributed by atoms with Gasteiger partial charge >= 0.3 is 0 Å². The number of aromatic nitrogens is 2. The lowest BCUT2D eigenvalue weighted by molar-refractivity contribution is -0.689.